The number of hydrogen-bond acceptors (Lipinski definition) is 10. The molecule has 0 radical (unpaired) electrons. The van der Waals surface area contributed by atoms with Crippen LogP contribution in [0.4, 0.5) is 9.93 Å². The predicted octanol–water partition coefficient (Wildman–Crippen LogP) is 3.15. The molecule has 1 unspecified atom stereocenters. The Morgan fingerprint density at radius 1 is 1.17 bits per heavy atom. The fourth-order valence-electron chi connectivity index (χ4n) is 4.36. The van der Waals surface area contributed by atoms with E-state index in [1.165, 1.54) is 16.2 Å². The van der Waals surface area contributed by atoms with Gasteiger partial charge in [0.25, 0.3) is 0 Å². The van der Waals surface area contributed by atoms with Crippen molar-refractivity contribution in [1.82, 2.24) is 25.3 Å². The van der Waals surface area contributed by atoms with Crippen LogP contribution >= 0.6 is 19.2 Å². The van der Waals surface area contributed by atoms with E-state index in [1.54, 1.807) is 32.4 Å². The molecule has 0 fully saturated rings. The number of aromatic nitrogens is 4. The number of nitrogens with zero attached hydrogens (tertiary/aromatic N) is 5. The third kappa shape index (κ3) is 6.95. The van der Waals surface area contributed by atoms with E-state index in [2.05, 4.69) is 29.8 Å². The van der Waals surface area contributed by atoms with E-state index in [9.17, 15) is 19.3 Å². The van der Waals surface area contributed by atoms with Crippen molar-refractivity contribution in [2.24, 2.45) is 5.73 Å². The predicted molar refractivity (Wildman–Crippen MR) is 157 cm³/mol. The summed E-state index contributed by atoms with van der Waals surface area (Å²) >= 11 is 1.33. The van der Waals surface area contributed by atoms with Crippen LogP contribution in [-0.2, 0) is 19.3 Å². The first-order chi connectivity index (χ1) is 19.8. The van der Waals surface area contributed by atoms with Gasteiger partial charge < -0.3 is 25.9 Å². The lowest BCUT2D eigenvalue weighted by atomic mass is 9.83. The van der Waals surface area contributed by atoms with Crippen molar-refractivity contribution in [3.63, 3.8) is 0 Å². The van der Waals surface area contributed by atoms with Crippen LogP contribution in [0.1, 0.15) is 26.6 Å². The van der Waals surface area contributed by atoms with E-state index in [-0.39, 0.29) is 12.4 Å². The number of pyridine rings is 1. The van der Waals surface area contributed by atoms with Crippen LogP contribution in [0.2, 0.25) is 0 Å². The van der Waals surface area contributed by atoms with Gasteiger partial charge in [-0.2, -0.15) is 0 Å². The Morgan fingerprint density at radius 3 is 2.45 bits per heavy atom. The van der Waals surface area contributed by atoms with Gasteiger partial charge in [-0.05, 0) is 36.8 Å². The van der Waals surface area contributed by atoms with Gasteiger partial charge in [-0.15, -0.1) is 0 Å². The van der Waals surface area contributed by atoms with Crippen LogP contribution in [0.15, 0.2) is 48.9 Å². The zero-order valence-electron chi connectivity index (χ0n) is 23.0. The number of nitrogens with one attached hydrogen (secondary N) is 1. The van der Waals surface area contributed by atoms with Crippen molar-refractivity contribution in [1.29, 1.82) is 0 Å². The van der Waals surface area contributed by atoms with Gasteiger partial charge in [0.2, 0.25) is 0 Å². The third-order valence-electron chi connectivity index (χ3n) is 6.47. The number of benzene rings is 1. The Morgan fingerprint density at radius 2 is 1.88 bits per heavy atom. The van der Waals surface area contributed by atoms with Crippen molar-refractivity contribution in [2.75, 3.05) is 24.6 Å². The molecule has 0 bridgehead atoms. The number of phosphoric ester groups is 1. The van der Waals surface area contributed by atoms with Crippen molar-refractivity contribution in [3.8, 4) is 22.4 Å². The minimum atomic E-state index is -4.67. The van der Waals surface area contributed by atoms with E-state index >= 15 is 0 Å². The smallest absolute Gasteiger partial charge is 0.469 e. The minimum Gasteiger partial charge on any atom is -0.480 e. The van der Waals surface area contributed by atoms with Crippen LogP contribution in [0.25, 0.3) is 32.6 Å². The Bertz CT molecular complexity index is 1630. The average molecular weight is 616 g/mol. The number of thiazole rings is 1. The van der Waals surface area contributed by atoms with Gasteiger partial charge >= 0.3 is 19.8 Å². The number of phosphoric acid groups is 1. The number of carbonyl (C=O) groups is 2. The van der Waals surface area contributed by atoms with Crippen LogP contribution < -0.4 is 16.0 Å². The van der Waals surface area contributed by atoms with E-state index in [0.717, 1.165) is 15.8 Å². The Kier molecular flexibility index (Phi) is 9.30. The van der Waals surface area contributed by atoms with Crippen LogP contribution in [0.5, 0.6) is 0 Å². The van der Waals surface area contributed by atoms with Crippen molar-refractivity contribution >= 4 is 46.5 Å². The molecular formula is C26H30N7O7PS. The fraction of sp³-hybridized carbons (Fsp3) is 0.308. The van der Waals surface area contributed by atoms with Crippen molar-refractivity contribution in [2.45, 2.75) is 32.2 Å². The van der Waals surface area contributed by atoms with Crippen LogP contribution in [0.3, 0.4) is 0 Å². The molecule has 2 amide bonds. The molecule has 6 N–H and O–H groups in total. The zero-order valence-corrected chi connectivity index (χ0v) is 24.7. The number of carboxylic acids is 1. The molecule has 4 rings (SSSR count). The monoisotopic (exact) mass is 615 g/mol. The molecule has 0 aliphatic carbocycles. The molecule has 1 atom stereocenters. The maximum atomic E-state index is 12.1. The molecule has 222 valence electrons. The van der Waals surface area contributed by atoms with Gasteiger partial charge in [0.1, 0.15) is 11.9 Å². The number of fused-ring (bicyclic) bond motifs is 1. The molecule has 0 aliphatic heterocycles. The number of amides is 2. The third-order valence-corrected chi connectivity index (χ3v) is 8.12. The molecule has 0 saturated carbocycles. The lowest BCUT2D eigenvalue weighted by Crippen LogP contribution is -2.51. The lowest BCUT2D eigenvalue weighted by molar-refractivity contribution is -0.141. The fourth-order valence-corrected chi connectivity index (χ4v) is 5.83. The number of primary amides is 1. The first kappa shape index (κ1) is 31.1. The molecule has 42 heavy (non-hydrogen) atoms. The van der Waals surface area contributed by atoms with E-state index in [0.29, 0.717) is 28.5 Å². The average Bonchev–Trinajstić information content (AvgIpc) is 3.35. The highest BCUT2D eigenvalue weighted by Gasteiger charge is 2.39. The molecule has 14 nitrogen and oxygen atoms in total. The molecule has 0 saturated heterocycles. The number of aliphatic carboxylic acids is 1. The highest BCUT2D eigenvalue weighted by atomic mass is 32.1. The normalized spacial score (nSPS) is 12.8. The SMILES string of the molecule is CCN(C(N)=O)c1nc2cc(-c3cnc(C(C)(C)C(NCCOP(=O)(O)O)C(=O)O)nc3)cc(-c3ccccn3)c2s1. The molecule has 16 heteroatoms. The second-order valence-corrected chi connectivity index (χ2v) is 11.9. The Hall–Kier alpha value is -3.85. The highest BCUT2D eigenvalue weighted by Crippen LogP contribution is 2.39. The largest absolute Gasteiger partial charge is 0.480 e. The number of hydrogen-bond donors (Lipinski definition) is 5. The van der Waals surface area contributed by atoms with Gasteiger partial charge in [-0.3, -0.25) is 19.2 Å². The summed E-state index contributed by atoms with van der Waals surface area (Å²) in [5.41, 5.74) is 7.95. The van der Waals surface area contributed by atoms with Crippen LogP contribution in [0, 0.1) is 0 Å². The lowest BCUT2D eigenvalue weighted by Gasteiger charge is -2.30. The Balaban J connectivity index is 1.69. The summed E-state index contributed by atoms with van der Waals surface area (Å²) in [6.07, 6.45) is 4.85. The van der Waals surface area contributed by atoms with E-state index < -0.39 is 37.9 Å². The van der Waals surface area contributed by atoms with Gasteiger partial charge in [-0.1, -0.05) is 31.3 Å². The number of urea groups is 1. The summed E-state index contributed by atoms with van der Waals surface area (Å²) in [4.78, 5) is 61.2. The van der Waals surface area contributed by atoms with Crippen molar-refractivity contribution < 1.29 is 33.6 Å². The summed E-state index contributed by atoms with van der Waals surface area (Å²) in [5, 5.41) is 13.0. The highest BCUT2D eigenvalue weighted by molar-refractivity contribution is 7.46. The Labute approximate surface area is 244 Å². The molecule has 1 aromatic carbocycles. The first-order valence-corrected chi connectivity index (χ1v) is 15.1. The molecule has 3 heterocycles. The maximum Gasteiger partial charge on any atom is 0.469 e. The van der Waals surface area contributed by atoms with Gasteiger partial charge in [0.15, 0.2) is 5.13 Å². The summed E-state index contributed by atoms with van der Waals surface area (Å²) < 4.78 is 16.1. The molecule has 4 aromatic rings. The molecule has 0 spiro atoms. The van der Waals surface area contributed by atoms with Gasteiger partial charge in [0, 0.05) is 42.8 Å². The summed E-state index contributed by atoms with van der Waals surface area (Å²) in [5.74, 6) is -0.949. The summed E-state index contributed by atoms with van der Waals surface area (Å²) in [7, 11) is -4.67. The second kappa shape index (κ2) is 12.6. The van der Waals surface area contributed by atoms with Crippen molar-refractivity contribution in [3.05, 3.63) is 54.7 Å². The van der Waals surface area contributed by atoms with Crippen LogP contribution in [-0.4, -0.2) is 72.6 Å². The molecule has 3 aromatic heterocycles. The summed E-state index contributed by atoms with van der Waals surface area (Å²) in [6, 6.07) is 7.54. The van der Waals surface area contributed by atoms with E-state index in [1.807, 2.05) is 37.3 Å². The number of nitrogens with two attached hydrogens (primary N) is 1. The molecular weight excluding hydrogens is 585 g/mol. The quantitative estimate of drug-likeness (QED) is 0.115. The van der Waals surface area contributed by atoms with Gasteiger partial charge in [-0.25, -0.2) is 24.3 Å². The summed E-state index contributed by atoms with van der Waals surface area (Å²) in [6.45, 7) is 4.95. The number of carbonyl (C=O) groups excluding carboxylic acids is 1. The van der Waals surface area contributed by atoms with E-state index in [4.69, 9.17) is 15.5 Å². The number of anilines is 1. The number of carboxylic acid groups (broad SMARTS) is 1. The maximum absolute atomic E-state index is 12.1. The number of rotatable bonds is 12. The molecule has 0 aliphatic rings. The second-order valence-electron chi connectivity index (χ2n) is 9.73. The minimum absolute atomic E-state index is 0.124. The topological polar surface area (TPSA) is 214 Å². The first-order valence-electron chi connectivity index (χ1n) is 12.7. The zero-order chi connectivity index (χ0) is 30.7. The standard InChI is InChI=1S/C26H30N7O7PS/c1-4-33(24(27)36)25-32-19-12-15(11-17(20(19)42-25)18-7-5-6-8-28-18)16-13-30-23(31-14-16)26(2,3)21(22(34)35)29-9-10-40-41(37,38)39/h5-8,11-14,21,29H,4,9-10H2,1-3H3,(H2,27,36)(H,34,35)(H2,37,38,39). The van der Waals surface area contributed by atoms with Gasteiger partial charge in [0.05, 0.1) is 27.9 Å².